The number of benzene rings is 1. The quantitative estimate of drug-likeness (QED) is 0.180. The van der Waals surface area contributed by atoms with Gasteiger partial charge in [-0.25, -0.2) is 0 Å². The number of aryl methyl sites for hydroxylation is 1. The summed E-state index contributed by atoms with van der Waals surface area (Å²) >= 11 is 0. The van der Waals surface area contributed by atoms with E-state index >= 15 is 0 Å². The average Bonchev–Trinajstić information content (AvgIpc) is 2.64. The first-order valence-corrected chi connectivity index (χ1v) is 10.9. The minimum absolute atomic E-state index is 0.00736. The van der Waals surface area contributed by atoms with Gasteiger partial charge in [-0.2, -0.15) is 0 Å². The number of phenols is 2. The van der Waals surface area contributed by atoms with E-state index in [1.807, 2.05) is 6.07 Å². The van der Waals surface area contributed by atoms with E-state index < -0.39 is 0 Å². The third-order valence-corrected chi connectivity index (χ3v) is 5.06. The van der Waals surface area contributed by atoms with E-state index in [0.717, 1.165) is 18.4 Å². The van der Waals surface area contributed by atoms with Crippen molar-refractivity contribution in [3.8, 4) is 11.5 Å². The standard InChI is InChI=1S/C24H40O2/c1-2-3-4-5-6-7-8-9-10-11-12-13-14-15-16-17-19-22-20-18-21-23(25)24(22)26/h9-10,18,20-21,25-26H,2-8,11-17,19H2,1H3/b10-9+. The maximum Gasteiger partial charge on any atom is 0.160 e. The van der Waals surface area contributed by atoms with Crippen molar-refractivity contribution in [1.82, 2.24) is 0 Å². The summed E-state index contributed by atoms with van der Waals surface area (Å²) in [6.45, 7) is 2.27. The number of para-hydroxylation sites is 1. The summed E-state index contributed by atoms with van der Waals surface area (Å²) in [6, 6.07) is 5.22. The molecule has 0 spiro atoms. The van der Waals surface area contributed by atoms with Crippen molar-refractivity contribution in [2.24, 2.45) is 0 Å². The molecule has 2 N–H and O–H groups in total. The highest BCUT2D eigenvalue weighted by atomic mass is 16.3. The second-order valence-electron chi connectivity index (χ2n) is 7.47. The van der Waals surface area contributed by atoms with Crippen molar-refractivity contribution in [2.75, 3.05) is 0 Å². The van der Waals surface area contributed by atoms with Crippen LogP contribution >= 0.6 is 0 Å². The Balaban J connectivity index is 1.86. The molecule has 1 rings (SSSR count). The lowest BCUT2D eigenvalue weighted by Crippen LogP contribution is -1.87. The van der Waals surface area contributed by atoms with Gasteiger partial charge in [-0.05, 0) is 50.2 Å². The van der Waals surface area contributed by atoms with E-state index in [-0.39, 0.29) is 11.5 Å². The Bertz CT molecular complexity index is 479. The fourth-order valence-corrected chi connectivity index (χ4v) is 3.34. The molecule has 2 heteroatoms. The van der Waals surface area contributed by atoms with Gasteiger partial charge in [-0.1, -0.05) is 89.0 Å². The minimum Gasteiger partial charge on any atom is -0.504 e. The van der Waals surface area contributed by atoms with Crippen molar-refractivity contribution in [3.05, 3.63) is 35.9 Å². The Morgan fingerprint density at radius 3 is 1.85 bits per heavy atom. The Morgan fingerprint density at radius 1 is 0.692 bits per heavy atom. The van der Waals surface area contributed by atoms with E-state index in [0.29, 0.717) is 0 Å². The van der Waals surface area contributed by atoms with Crippen LogP contribution in [0.15, 0.2) is 30.4 Å². The predicted octanol–water partition coefficient (Wildman–Crippen LogP) is 7.68. The second kappa shape index (κ2) is 15.8. The number of phenolic OH excluding ortho intramolecular Hbond substituents is 2. The molecular formula is C24H40O2. The van der Waals surface area contributed by atoms with Crippen LogP contribution in [0.4, 0.5) is 0 Å². The van der Waals surface area contributed by atoms with Gasteiger partial charge in [0.05, 0.1) is 0 Å². The molecular weight excluding hydrogens is 320 g/mol. The maximum atomic E-state index is 9.77. The molecule has 0 saturated heterocycles. The van der Waals surface area contributed by atoms with Crippen LogP contribution in [-0.4, -0.2) is 10.2 Å². The minimum atomic E-state index is -0.00736. The molecule has 0 unspecified atom stereocenters. The Hall–Kier alpha value is -1.44. The molecule has 0 aromatic heterocycles. The number of rotatable bonds is 16. The fraction of sp³-hybridized carbons (Fsp3) is 0.667. The first-order valence-electron chi connectivity index (χ1n) is 10.9. The molecule has 1 aromatic rings. The van der Waals surface area contributed by atoms with Gasteiger partial charge in [0.2, 0.25) is 0 Å². The summed E-state index contributed by atoms with van der Waals surface area (Å²) in [5.41, 5.74) is 0.862. The van der Waals surface area contributed by atoms with Gasteiger partial charge in [0.1, 0.15) is 0 Å². The van der Waals surface area contributed by atoms with Crippen LogP contribution < -0.4 is 0 Å². The topological polar surface area (TPSA) is 40.5 Å². The third-order valence-electron chi connectivity index (χ3n) is 5.06. The van der Waals surface area contributed by atoms with E-state index in [9.17, 15) is 10.2 Å². The Morgan fingerprint density at radius 2 is 1.23 bits per heavy atom. The van der Waals surface area contributed by atoms with Crippen LogP contribution in [0.5, 0.6) is 11.5 Å². The van der Waals surface area contributed by atoms with Crippen molar-refractivity contribution in [1.29, 1.82) is 0 Å². The number of hydrogen-bond donors (Lipinski definition) is 2. The summed E-state index contributed by atoms with van der Waals surface area (Å²) in [4.78, 5) is 0. The van der Waals surface area contributed by atoms with Crippen LogP contribution in [0.1, 0.15) is 102 Å². The second-order valence-corrected chi connectivity index (χ2v) is 7.47. The summed E-state index contributed by atoms with van der Waals surface area (Å²) in [5, 5.41) is 19.2. The lowest BCUT2D eigenvalue weighted by Gasteiger charge is -2.06. The van der Waals surface area contributed by atoms with Crippen LogP contribution in [0.3, 0.4) is 0 Å². The normalized spacial score (nSPS) is 11.4. The highest BCUT2D eigenvalue weighted by Crippen LogP contribution is 2.29. The van der Waals surface area contributed by atoms with Crippen molar-refractivity contribution in [2.45, 2.75) is 103 Å². The lowest BCUT2D eigenvalue weighted by atomic mass is 10.0. The molecule has 0 saturated carbocycles. The van der Waals surface area contributed by atoms with Crippen LogP contribution in [0.2, 0.25) is 0 Å². The highest BCUT2D eigenvalue weighted by molar-refractivity contribution is 5.44. The molecule has 0 fully saturated rings. The SMILES string of the molecule is CCCCCCCC/C=C/CCCCCCCCc1cccc(O)c1O. The molecule has 0 aliphatic heterocycles. The van der Waals surface area contributed by atoms with E-state index in [2.05, 4.69) is 19.1 Å². The van der Waals surface area contributed by atoms with Crippen molar-refractivity contribution >= 4 is 0 Å². The number of aromatic hydroxyl groups is 2. The first kappa shape index (κ1) is 22.6. The predicted molar refractivity (Wildman–Crippen MR) is 113 cm³/mol. The first-order chi connectivity index (χ1) is 12.8. The molecule has 0 amide bonds. The number of hydrogen-bond acceptors (Lipinski definition) is 2. The largest absolute Gasteiger partial charge is 0.504 e. The van der Waals surface area contributed by atoms with Gasteiger partial charge in [0, 0.05) is 0 Å². The molecule has 0 heterocycles. The zero-order valence-electron chi connectivity index (χ0n) is 16.9. The Labute approximate surface area is 161 Å². The van der Waals surface area contributed by atoms with Gasteiger partial charge >= 0.3 is 0 Å². The summed E-state index contributed by atoms with van der Waals surface area (Å²) < 4.78 is 0. The maximum absolute atomic E-state index is 9.77. The summed E-state index contributed by atoms with van der Waals surface area (Å²) in [7, 11) is 0. The van der Waals surface area contributed by atoms with Crippen LogP contribution in [0, 0.1) is 0 Å². The van der Waals surface area contributed by atoms with Crippen molar-refractivity contribution < 1.29 is 10.2 Å². The summed E-state index contributed by atoms with van der Waals surface area (Å²) in [5.74, 6) is 0.0484. The molecule has 0 bridgehead atoms. The van der Waals surface area contributed by atoms with Gasteiger partial charge in [-0.3, -0.25) is 0 Å². The monoisotopic (exact) mass is 360 g/mol. The fourth-order valence-electron chi connectivity index (χ4n) is 3.34. The van der Waals surface area contributed by atoms with E-state index in [1.54, 1.807) is 6.07 Å². The molecule has 0 aliphatic rings. The molecule has 0 atom stereocenters. The van der Waals surface area contributed by atoms with Gasteiger partial charge < -0.3 is 10.2 Å². The van der Waals surface area contributed by atoms with E-state index in [4.69, 9.17) is 0 Å². The number of unbranched alkanes of at least 4 members (excludes halogenated alkanes) is 12. The molecule has 148 valence electrons. The molecule has 2 nitrogen and oxygen atoms in total. The molecule has 0 radical (unpaired) electrons. The zero-order chi connectivity index (χ0) is 18.9. The van der Waals surface area contributed by atoms with Crippen LogP contribution in [-0.2, 0) is 6.42 Å². The van der Waals surface area contributed by atoms with Gasteiger partial charge in [0.25, 0.3) is 0 Å². The smallest absolute Gasteiger partial charge is 0.160 e. The summed E-state index contributed by atoms with van der Waals surface area (Å²) in [6.07, 6.45) is 23.9. The molecule has 1 aromatic carbocycles. The average molecular weight is 361 g/mol. The molecule has 26 heavy (non-hydrogen) atoms. The van der Waals surface area contributed by atoms with E-state index in [1.165, 1.54) is 89.5 Å². The lowest BCUT2D eigenvalue weighted by molar-refractivity contribution is 0.398. The van der Waals surface area contributed by atoms with Gasteiger partial charge in [0.15, 0.2) is 11.5 Å². The highest BCUT2D eigenvalue weighted by Gasteiger charge is 2.04. The van der Waals surface area contributed by atoms with Crippen molar-refractivity contribution in [3.63, 3.8) is 0 Å². The number of allylic oxidation sites excluding steroid dienone is 2. The zero-order valence-corrected chi connectivity index (χ0v) is 16.9. The molecule has 0 aliphatic carbocycles. The van der Waals surface area contributed by atoms with Crippen LogP contribution in [0.25, 0.3) is 0 Å². The third kappa shape index (κ3) is 11.2. The van der Waals surface area contributed by atoms with Gasteiger partial charge in [-0.15, -0.1) is 0 Å². The Kier molecular flexibility index (Phi) is 13.7.